The minimum atomic E-state index is -0.783. The highest BCUT2D eigenvalue weighted by Crippen LogP contribution is 2.36. The quantitative estimate of drug-likeness (QED) is 0.195. The zero-order valence-corrected chi connectivity index (χ0v) is 22.3. The molecule has 38 heavy (non-hydrogen) atoms. The molecule has 8 nitrogen and oxygen atoms in total. The summed E-state index contributed by atoms with van der Waals surface area (Å²) in [5.41, 5.74) is 0.801. The second kappa shape index (κ2) is 12.0. The van der Waals surface area contributed by atoms with Crippen LogP contribution in [0.3, 0.4) is 0 Å². The van der Waals surface area contributed by atoms with E-state index in [9.17, 15) is 23.2 Å². The summed E-state index contributed by atoms with van der Waals surface area (Å²) in [6.45, 7) is 1.51. The maximum Gasteiger partial charge on any atom is 0.329 e. The Morgan fingerprint density at radius 1 is 1.05 bits per heavy atom. The van der Waals surface area contributed by atoms with E-state index >= 15 is 0 Å². The smallest absolute Gasteiger partial charge is 0.329 e. The number of nitrogens with one attached hydrogen (secondary N) is 2. The van der Waals surface area contributed by atoms with Crippen molar-refractivity contribution in [1.29, 1.82) is 0 Å². The Balaban J connectivity index is 1.50. The second-order valence-electron chi connectivity index (χ2n) is 8.05. The van der Waals surface area contributed by atoms with E-state index in [1.807, 2.05) is 22.6 Å². The molecule has 0 saturated carbocycles. The average molecular weight is 633 g/mol. The van der Waals surface area contributed by atoms with E-state index in [0.29, 0.717) is 32.8 Å². The molecule has 0 radical (unpaired) electrons. The van der Waals surface area contributed by atoms with Gasteiger partial charge in [-0.1, -0.05) is 30.3 Å². The van der Waals surface area contributed by atoms with Crippen LogP contribution >= 0.6 is 22.6 Å². The van der Waals surface area contributed by atoms with Gasteiger partial charge in [-0.05, 0) is 71.5 Å². The van der Waals surface area contributed by atoms with Crippen LogP contribution in [0.15, 0.2) is 66.4 Å². The molecule has 0 unspecified atom stereocenters. The van der Waals surface area contributed by atoms with E-state index in [0.717, 1.165) is 4.90 Å². The number of hydrogen-bond donors (Lipinski definition) is 2. The third-order valence-electron chi connectivity index (χ3n) is 5.38. The summed E-state index contributed by atoms with van der Waals surface area (Å²) in [5, 5.41) is 4.79. The van der Waals surface area contributed by atoms with Gasteiger partial charge in [0.1, 0.15) is 30.5 Å². The molecule has 11 heteroatoms. The molecule has 1 saturated heterocycles. The average Bonchev–Trinajstić information content (AvgIpc) is 3.13. The van der Waals surface area contributed by atoms with Crippen LogP contribution in [0.1, 0.15) is 18.1 Å². The monoisotopic (exact) mass is 633 g/mol. The van der Waals surface area contributed by atoms with Gasteiger partial charge >= 0.3 is 6.03 Å². The zero-order valence-electron chi connectivity index (χ0n) is 20.1. The number of imide groups is 1. The first-order chi connectivity index (χ1) is 18.3. The van der Waals surface area contributed by atoms with E-state index < -0.39 is 30.2 Å². The lowest BCUT2D eigenvalue weighted by atomic mass is 10.1. The van der Waals surface area contributed by atoms with E-state index in [2.05, 4.69) is 10.6 Å². The largest absolute Gasteiger partial charge is 0.490 e. The van der Waals surface area contributed by atoms with Gasteiger partial charge in [0.15, 0.2) is 11.5 Å². The summed E-state index contributed by atoms with van der Waals surface area (Å²) in [6.07, 6.45) is 1.44. The fraction of sp³-hybridized carbons (Fsp3) is 0.148. The number of carbonyl (C=O) groups is 3. The summed E-state index contributed by atoms with van der Waals surface area (Å²) >= 11 is 2.04. The van der Waals surface area contributed by atoms with Crippen molar-refractivity contribution >= 4 is 52.2 Å². The number of benzene rings is 3. The van der Waals surface area contributed by atoms with Crippen LogP contribution in [-0.2, 0) is 16.2 Å². The zero-order chi connectivity index (χ0) is 27.2. The van der Waals surface area contributed by atoms with Crippen molar-refractivity contribution in [2.24, 2.45) is 0 Å². The Labute approximate surface area is 230 Å². The first kappa shape index (κ1) is 27.0. The summed E-state index contributed by atoms with van der Waals surface area (Å²) in [6, 6.07) is 14.4. The molecule has 196 valence electrons. The number of carbonyl (C=O) groups excluding carboxylic acids is 3. The van der Waals surface area contributed by atoms with Crippen molar-refractivity contribution in [1.82, 2.24) is 10.2 Å². The topological polar surface area (TPSA) is 97.0 Å². The minimum absolute atomic E-state index is 0.0123. The molecule has 0 aromatic heterocycles. The van der Waals surface area contributed by atoms with Crippen LogP contribution in [0.4, 0.5) is 19.3 Å². The van der Waals surface area contributed by atoms with E-state index in [-0.39, 0.29) is 23.8 Å². The maximum absolute atomic E-state index is 14.0. The van der Waals surface area contributed by atoms with Crippen LogP contribution in [0.25, 0.3) is 6.08 Å². The van der Waals surface area contributed by atoms with E-state index in [1.54, 1.807) is 43.3 Å². The van der Waals surface area contributed by atoms with Gasteiger partial charge in [-0.2, -0.15) is 0 Å². The van der Waals surface area contributed by atoms with Gasteiger partial charge in [0.25, 0.3) is 5.91 Å². The highest BCUT2D eigenvalue weighted by atomic mass is 127. The number of anilines is 1. The van der Waals surface area contributed by atoms with Gasteiger partial charge in [0.05, 0.1) is 15.9 Å². The lowest BCUT2D eigenvalue weighted by Crippen LogP contribution is -2.38. The normalized spacial score (nSPS) is 14.0. The minimum Gasteiger partial charge on any atom is -0.490 e. The van der Waals surface area contributed by atoms with Gasteiger partial charge in [-0.25, -0.2) is 18.5 Å². The Morgan fingerprint density at radius 3 is 2.47 bits per heavy atom. The van der Waals surface area contributed by atoms with Gasteiger partial charge in [0, 0.05) is 5.56 Å². The van der Waals surface area contributed by atoms with Crippen molar-refractivity contribution in [3.8, 4) is 11.5 Å². The number of rotatable bonds is 9. The summed E-state index contributed by atoms with van der Waals surface area (Å²) < 4.78 is 40.0. The molecule has 1 fully saturated rings. The number of amides is 4. The molecule has 4 amide bonds. The third kappa shape index (κ3) is 6.28. The summed E-state index contributed by atoms with van der Waals surface area (Å²) in [7, 11) is 0. The molecule has 0 spiro atoms. The number of para-hydroxylation sites is 1. The van der Waals surface area contributed by atoms with Crippen LogP contribution < -0.4 is 20.1 Å². The number of nitrogens with zero attached hydrogens (tertiary/aromatic N) is 1. The number of hydrogen-bond acceptors (Lipinski definition) is 5. The van der Waals surface area contributed by atoms with Gasteiger partial charge in [-0.3, -0.25) is 9.59 Å². The Kier molecular flexibility index (Phi) is 8.56. The van der Waals surface area contributed by atoms with Gasteiger partial charge in [0.2, 0.25) is 5.91 Å². The molecule has 1 aliphatic rings. The summed E-state index contributed by atoms with van der Waals surface area (Å²) in [5.74, 6) is -1.69. The Bertz CT molecular complexity index is 1430. The van der Waals surface area contributed by atoms with Crippen molar-refractivity contribution in [2.45, 2.75) is 13.5 Å². The maximum atomic E-state index is 14.0. The molecule has 0 atom stereocenters. The van der Waals surface area contributed by atoms with Crippen LogP contribution in [0.5, 0.6) is 11.5 Å². The number of ether oxygens (including phenoxy) is 2. The van der Waals surface area contributed by atoms with Crippen molar-refractivity contribution < 1.29 is 32.6 Å². The van der Waals surface area contributed by atoms with Crippen molar-refractivity contribution in [3.05, 3.63) is 92.7 Å². The fourth-order valence-electron chi connectivity index (χ4n) is 3.62. The molecule has 4 rings (SSSR count). The molecular formula is C27H22F2IN3O5. The van der Waals surface area contributed by atoms with E-state index in [4.69, 9.17) is 9.47 Å². The van der Waals surface area contributed by atoms with E-state index in [1.165, 1.54) is 30.3 Å². The number of urea groups is 1. The standard InChI is InChI=1S/C27H22F2IN3O5/c1-2-37-23-13-16(11-20(30)25(23)38-15-17-7-3-4-8-18(17)28)12-22-26(35)33(27(36)32-22)14-24(34)31-21-10-6-5-9-19(21)29/h3-13H,2,14-15H2,1H3,(H,31,34)(H,32,36)/b22-12+. The Hall–Kier alpha value is -4.00. The molecule has 3 aromatic rings. The Morgan fingerprint density at radius 2 is 1.76 bits per heavy atom. The predicted molar refractivity (Wildman–Crippen MR) is 144 cm³/mol. The molecular weight excluding hydrogens is 611 g/mol. The molecule has 2 N–H and O–H groups in total. The second-order valence-corrected chi connectivity index (χ2v) is 9.21. The molecule has 0 aliphatic carbocycles. The first-order valence-electron chi connectivity index (χ1n) is 11.5. The van der Waals surface area contributed by atoms with Gasteiger partial charge < -0.3 is 20.1 Å². The lowest BCUT2D eigenvalue weighted by Gasteiger charge is -2.15. The lowest BCUT2D eigenvalue weighted by molar-refractivity contribution is -0.127. The number of halogens is 3. The van der Waals surface area contributed by atoms with Crippen LogP contribution in [-0.4, -0.2) is 35.9 Å². The van der Waals surface area contributed by atoms with Crippen molar-refractivity contribution in [3.63, 3.8) is 0 Å². The SMILES string of the molecule is CCOc1cc(/C=C2/NC(=O)N(CC(=O)Nc3ccccc3F)C2=O)cc(I)c1OCc1ccccc1F. The third-order valence-corrected chi connectivity index (χ3v) is 6.19. The van der Waals surface area contributed by atoms with Crippen LogP contribution in [0.2, 0.25) is 0 Å². The molecule has 0 bridgehead atoms. The summed E-state index contributed by atoms with van der Waals surface area (Å²) in [4.78, 5) is 38.3. The molecule has 1 aliphatic heterocycles. The van der Waals surface area contributed by atoms with Crippen molar-refractivity contribution in [2.75, 3.05) is 18.5 Å². The van der Waals surface area contributed by atoms with Crippen LogP contribution in [0, 0.1) is 15.2 Å². The first-order valence-corrected chi connectivity index (χ1v) is 12.6. The highest BCUT2D eigenvalue weighted by molar-refractivity contribution is 14.1. The predicted octanol–water partition coefficient (Wildman–Crippen LogP) is 5.08. The molecule has 3 aromatic carbocycles. The molecule has 1 heterocycles. The fourth-order valence-corrected chi connectivity index (χ4v) is 4.40. The highest BCUT2D eigenvalue weighted by Gasteiger charge is 2.35. The van der Waals surface area contributed by atoms with Gasteiger partial charge in [-0.15, -0.1) is 0 Å².